The van der Waals surface area contributed by atoms with Gasteiger partial charge in [0.25, 0.3) is 0 Å². The number of ether oxygens (including phenoxy) is 1. The number of carbonyl (C=O) groups is 1. The molecule has 98 valence electrons. The van der Waals surface area contributed by atoms with Gasteiger partial charge in [-0.1, -0.05) is 0 Å². The summed E-state index contributed by atoms with van der Waals surface area (Å²) in [7, 11) is 0. The molecule has 0 aliphatic carbocycles. The van der Waals surface area contributed by atoms with Crippen molar-refractivity contribution in [2.75, 3.05) is 30.4 Å². The van der Waals surface area contributed by atoms with Crippen molar-refractivity contribution >= 4 is 17.3 Å². The number of anilines is 2. The van der Waals surface area contributed by atoms with E-state index in [1.165, 1.54) is 11.0 Å². The molecule has 1 aromatic carbocycles. The molecule has 4 N–H and O–H groups in total. The molecular formula is C11H13F2N3O2. The van der Waals surface area contributed by atoms with Crippen LogP contribution in [0.5, 0.6) is 0 Å². The zero-order chi connectivity index (χ0) is 13.3. The lowest BCUT2D eigenvalue weighted by Gasteiger charge is -2.36. The summed E-state index contributed by atoms with van der Waals surface area (Å²) >= 11 is 0. The summed E-state index contributed by atoms with van der Waals surface area (Å²) in [5.41, 5.74) is 10.8. The van der Waals surface area contributed by atoms with Gasteiger partial charge < -0.3 is 21.1 Å². The number of nitrogen functional groups attached to an aromatic ring is 1. The first kappa shape index (κ1) is 12.6. The zero-order valence-electron chi connectivity index (χ0n) is 9.53. The molecule has 1 heterocycles. The third-order valence-corrected chi connectivity index (χ3v) is 2.84. The molecule has 1 atom stereocenters. The van der Waals surface area contributed by atoms with Gasteiger partial charge in [0.2, 0.25) is 5.91 Å². The van der Waals surface area contributed by atoms with E-state index in [2.05, 4.69) is 0 Å². The fourth-order valence-electron chi connectivity index (χ4n) is 1.95. The Morgan fingerprint density at radius 1 is 1.44 bits per heavy atom. The molecule has 2 rings (SSSR count). The van der Waals surface area contributed by atoms with E-state index in [-0.39, 0.29) is 24.5 Å². The molecule has 5 nitrogen and oxygen atoms in total. The van der Waals surface area contributed by atoms with E-state index in [4.69, 9.17) is 16.2 Å². The first-order chi connectivity index (χ1) is 8.52. The Morgan fingerprint density at radius 3 is 2.83 bits per heavy atom. The minimum absolute atomic E-state index is 0.0325. The highest BCUT2D eigenvalue weighted by molar-refractivity contribution is 5.86. The quantitative estimate of drug-likeness (QED) is 0.743. The number of amides is 1. The lowest BCUT2D eigenvalue weighted by atomic mass is 10.1. The van der Waals surface area contributed by atoms with Crippen molar-refractivity contribution in [2.24, 2.45) is 5.73 Å². The summed E-state index contributed by atoms with van der Waals surface area (Å²) in [6.07, 6.45) is 0. The van der Waals surface area contributed by atoms with Crippen molar-refractivity contribution in [3.63, 3.8) is 0 Å². The van der Waals surface area contributed by atoms with E-state index in [1.54, 1.807) is 0 Å². The maximum Gasteiger partial charge on any atom is 0.242 e. The fraction of sp³-hybridized carbons (Fsp3) is 0.364. The highest BCUT2D eigenvalue weighted by Crippen LogP contribution is 2.31. The molecule has 0 saturated carbocycles. The number of hydrogen-bond acceptors (Lipinski definition) is 4. The summed E-state index contributed by atoms with van der Waals surface area (Å²) in [6.45, 7) is 0.544. The summed E-state index contributed by atoms with van der Waals surface area (Å²) < 4.78 is 32.1. The van der Waals surface area contributed by atoms with E-state index in [0.717, 1.165) is 6.07 Å². The summed E-state index contributed by atoms with van der Waals surface area (Å²) in [6, 6.07) is 1.34. The van der Waals surface area contributed by atoms with Gasteiger partial charge in [-0.05, 0) is 12.1 Å². The number of hydrogen-bond donors (Lipinski definition) is 2. The maximum absolute atomic E-state index is 13.8. The average molecular weight is 257 g/mol. The normalized spacial score (nSPS) is 19.9. The maximum atomic E-state index is 13.8. The van der Waals surface area contributed by atoms with Crippen molar-refractivity contribution in [1.82, 2.24) is 0 Å². The number of nitrogens with zero attached hydrogens (tertiary/aromatic N) is 1. The smallest absolute Gasteiger partial charge is 0.242 e. The second kappa shape index (κ2) is 4.77. The van der Waals surface area contributed by atoms with Gasteiger partial charge in [-0.15, -0.1) is 0 Å². The third kappa shape index (κ3) is 2.08. The molecular weight excluding hydrogens is 244 g/mol. The first-order valence-corrected chi connectivity index (χ1v) is 5.39. The van der Waals surface area contributed by atoms with E-state index >= 15 is 0 Å². The molecule has 1 amide bonds. The van der Waals surface area contributed by atoms with Gasteiger partial charge in [0, 0.05) is 6.54 Å². The molecule has 0 bridgehead atoms. The molecule has 0 radical (unpaired) electrons. The molecule has 1 fully saturated rings. The number of rotatable bonds is 2. The number of morpholine rings is 1. The van der Waals surface area contributed by atoms with Crippen LogP contribution in [0.3, 0.4) is 0 Å². The Balaban J connectivity index is 2.46. The molecule has 7 heteroatoms. The van der Waals surface area contributed by atoms with Crippen LogP contribution < -0.4 is 16.4 Å². The summed E-state index contributed by atoms with van der Waals surface area (Å²) in [5.74, 6) is -2.77. The predicted molar refractivity (Wildman–Crippen MR) is 61.9 cm³/mol. The molecule has 18 heavy (non-hydrogen) atoms. The van der Waals surface area contributed by atoms with Crippen LogP contribution in [0.25, 0.3) is 0 Å². The lowest BCUT2D eigenvalue weighted by Crippen LogP contribution is -2.53. The number of primary amides is 1. The molecule has 1 unspecified atom stereocenters. The monoisotopic (exact) mass is 257 g/mol. The van der Waals surface area contributed by atoms with E-state index in [9.17, 15) is 13.6 Å². The Bertz CT molecular complexity index is 482. The third-order valence-electron chi connectivity index (χ3n) is 2.84. The SMILES string of the molecule is NC(=O)C1COCCN1c1c(N)ccc(F)c1F. The Kier molecular flexibility index (Phi) is 3.33. The Hall–Kier alpha value is -1.89. The van der Waals surface area contributed by atoms with Gasteiger partial charge in [0.1, 0.15) is 11.7 Å². The van der Waals surface area contributed by atoms with E-state index in [0.29, 0.717) is 6.61 Å². The van der Waals surface area contributed by atoms with Crippen molar-refractivity contribution in [3.05, 3.63) is 23.8 Å². The second-order valence-corrected chi connectivity index (χ2v) is 3.99. The number of benzene rings is 1. The topological polar surface area (TPSA) is 81.6 Å². The lowest BCUT2D eigenvalue weighted by molar-refractivity contribution is -0.121. The van der Waals surface area contributed by atoms with Gasteiger partial charge in [-0.2, -0.15) is 0 Å². The molecule has 1 saturated heterocycles. The van der Waals surface area contributed by atoms with Crippen molar-refractivity contribution in [3.8, 4) is 0 Å². The van der Waals surface area contributed by atoms with Crippen molar-refractivity contribution in [2.45, 2.75) is 6.04 Å². The fourth-order valence-corrected chi connectivity index (χ4v) is 1.95. The van der Waals surface area contributed by atoms with Crippen LogP contribution in [-0.4, -0.2) is 31.7 Å². The predicted octanol–water partition coefficient (Wildman–Crippen LogP) is 0.237. The molecule has 1 aliphatic rings. The number of carbonyl (C=O) groups excluding carboxylic acids is 1. The largest absolute Gasteiger partial charge is 0.397 e. The number of nitrogens with two attached hydrogens (primary N) is 2. The number of halogens is 2. The van der Waals surface area contributed by atoms with Crippen LogP contribution in [-0.2, 0) is 9.53 Å². The van der Waals surface area contributed by atoms with Crippen molar-refractivity contribution in [1.29, 1.82) is 0 Å². The van der Waals surface area contributed by atoms with E-state index in [1.807, 2.05) is 0 Å². The van der Waals surface area contributed by atoms with Crippen LogP contribution in [0.15, 0.2) is 12.1 Å². The zero-order valence-corrected chi connectivity index (χ0v) is 9.53. The van der Waals surface area contributed by atoms with Gasteiger partial charge in [-0.3, -0.25) is 4.79 Å². The molecule has 1 aromatic rings. The Labute approximate surface area is 102 Å². The van der Waals surface area contributed by atoms with Crippen LogP contribution >= 0.6 is 0 Å². The highest BCUT2D eigenvalue weighted by atomic mass is 19.2. The van der Waals surface area contributed by atoms with Gasteiger partial charge >= 0.3 is 0 Å². The molecule has 1 aliphatic heterocycles. The standard InChI is InChI=1S/C11H13F2N3O2/c12-6-1-2-7(14)10(9(6)13)16-3-4-18-5-8(16)11(15)17/h1-2,8H,3-5,14H2,(H2,15,17). The van der Waals surface area contributed by atoms with Gasteiger partial charge in [0.15, 0.2) is 11.6 Å². The van der Waals surface area contributed by atoms with Crippen LogP contribution in [0.1, 0.15) is 0 Å². The van der Waals surface area contributed by atoms with Crippen LogP contribution in [0, 0.1) is 11.6 Å². The average Bonchev–Trinajstić information content (AvgIpc) is 2.35. The minimum atomic E-state index is -1.08. The minimum Gasteiger partial charge on any atom is -0.397 e. The second-order valence-electron chi connectivity index (χ2n) is 3.99. The molecule has 0 aromatic heterocycles. The summed E-state index contributed by atoms with van der Waals surface area (Å²) in [5, 5.41) is 0. The van der Waals surface area contributed by atoms with Crippen molar-refractivity contribution < 1.29 is 18.3 Å². The molecule has 0 spiro atoms. The van der Waals surface area contributed by atoms with Gasteiger partial charge in [0.05, 0.1) is 18.9 Å². The van der Waals surface area contributed by atoms with Crippen LogP contribution in [0.4, 0.5) is 20.2 Å². The van der Waals surface area contributed by atoms with E-state index < -0.39 is 23.6 Å². The summed E-state index contributed by atoms with van der Waals surface area (Å²) in [4.78, 5) is 12.6. The van der Waals surface area contributed by atoms with Crippen LogP contribution in [0.2, 0.25) is 0 Å². The Morgan fingerprint density at radius 2 is 2.17 bits per heavy atom. The highest BCUT2D eigenvalue weighted by Gasteiger charge is 2.31. The first-order valence-electron chi connectivity index (χ1n) is 5.39. The van der Waals surface area contributed by atoms with Gasteiger partial charge in [-0.25, -0.2) is 8.78 Å².